The van der Waals surface area contributed by atoms with Crippen molar-refractivity contribution in [1.82, 2.24) is 5.32 Å². The van der Waals surface area contributed by atoms with Crippen molar-refractivity contribution in [3.63, 3.8) is 0 Å². The molecule has 1 rings (SSSR count). The summed E-state index contributed by atoms with van der Waals surface area (Å²) in [7, 11) is 1.99. The highest BCUT2D eigenvalue weighted by Gasteiger charge is 2.25. The third kappa shape index (κ3) is 1.36. The van der Waals surface area contributed by atoms with Crippen LogP contribution in [0.4, 0.5) is 0 Å². The van der Waals surface area contributed by atoms with Crippen molar-refractivity contribution in [1.29, 1.82) is 0 Å². The summed E-state index contributed by atoms with van der Waals surface area (Å²) in [6, 6.07) is 0. The quantitative estimate of drug-likeness (QED) is 0.559. The molecule has 0 aromatic rings. The van der Waals surface area contributed by atoms with E-state index in [1.54, 1.807) is 0 Å². The van der Waals surface area contributed by atoms with E-state index in [9.17, 15) is 0 Å². The van der Waals surface area contributed by atoms with E-state index in [1.165, 1.54) is 12.8 Å². The maximum Gasteiger partial charge on any atom is 0.0342 e. The van der Waals surface area contributed by atoms with Gasteiger partial charge in [-0.25, -0.2) is 0 Å². The molecular weight excluding hydrogens is 122 g/mol. The van der Waals surface area contributed by atoms with Crippen LogP contribution in [-0.2, 0) is 0 Å². The van der Waals surface area contributed by atoms with E-state index in [4.69, 9.17) is 11.6 Å². The minimum absolute atomic E-state index is 0.480. The van der Waals surface area contributed by atoms with Gasteiger partial charge in [-0.15, -0.1) is 11.6 Å². The number of rotatable bonds is 2. The first kappa shape index (κ1) is 6.37. The van der Waals surface area contributed by atoms with Gasteiger partial charge in [0.2, 0.25) is 0 Å². The third-order valence-electron chi connectivity index (χ3n) is 1.67. The molecule has 0 saturated heterocycles. The summed E-state index contributed by atoms with van der Waals surface area (Å²) in [5.41, 5.74) is 0. The Labute approximate surface area is 55.4 Å². The molecule has 1 N–H and O–H groups in total. The number of halogens is 1. The fourth-order valence-corrected chi connectivity index (χ4v) is 1.61. The molecule has 48 valence electrons. The average Bonchev–Trinajstić information content (AvgIpc) is 1.64. The van der Waals surface area contributed by atoms with Crippen LogP contribution in [-0.4, -0.2) is 19.0 Å². The maximum atomic E-state index is 5.75. The molecule has 1 aliphatic rings. The van der Waals surface area contributed by atoms with E-state index >= 15 is 0 Å². The van der Waals surface area contributed by atoms with E-state index < -0.39 is 0 Å². The molecule has 1 nitrogen and oxygen atoms in total. The van der Waals surface area contributed by atoms with Crippen LogP contribution in [0.3, 0.4) is 0 Å². The van der Waals surface area contributed by atoms with Crippen LogP contribution in [0.15, 0.2) is 0 Å². The molecule has 0 bridgehead atoms. The summed E-state index contributed by atoms with van der Waals surface area (Å²) < 4.78 is 0. The molecule has 0 aliphatic heterocycles. The van der Waals surface area contributed by atoms with Gasteiger partial charge in [0.05, 0.1) is 0 Å². The van der Waals surface area contributed by atoms with Crippen LogP contribution >= 0.6 is 11.6 Å². The predicted octanol–water partition coefficient (Wildman–Crippen LogP) is 1.22. The molecule has 2 heteroatoms. The van der Waals surface area contributed by atoms with Crippen molar-refractivity contribution < 1.29 is 0 Å². The van der Waals surface area contributed by atoms with Gasteiger partial charge in [-0.3, -0.25) is 0 Å². The van der Waals surface area contributed by atoms with Crippen molar-refractivity contribution in [3.8, 4) is 0 Å². The fourth-order valence-electron chi connectivity index (χ4n) is 1.11. The van der Waals surface area contributed by atoms with Crippen LogP contribution < -0.4 is 5.32 Å². The lowest BCUT2D eigenvalue weighted by atomic mass is 9.85. The van der Waals surface area contributed by atoms with E-state index in [0.717, 1.165) is 12.5 Å². The maximum absolute atomic E-state index is 5.75. The number of hydrogen-bond donors (Lipinski definition) is 1. The zero-order chi connectivity index (χ0) is 5.98. The van der Waals surface area contributed by atoms with Gasteiger partial charge in [-0.05, 0) is 32.4 Å². The molecule has 0 aromatic heterocycles. The molecule has 0 radical (unpaired) electrons. The van der Waals surface area contributed by atoms with Gasteiger partial charge >= 0.3 is 0 Å². The summed E-state index contributed by atoms with van der Waals surface area (Å²) in [4.78, 5) is 0. The topological polar surface area (TPSA) is 12.0 Å². The first-order valence-electron chi connectivity index (χ1n) is 3.11. The SMILES string of the molecule is CNCC1CC(Cl)C1. The van der Waals surface area contributed by atoms with Gasteiger partial charge in [0.1, 0.15) is 0 Å². The predicted molar refractivity (Wildman–Crippen MR) is 36.3 cm³/mol. The standard InChI is InChI=1S/C6H12ClN/c1-8-4-5-2-6(7)3-5/h5-6,8H,2-4H2,1H3. The fraction of sp³-hybridized carbons (Fsp3) is 1.00. The van der Waals surface area contributed by atoms with E-state index in [2.05, 4.69) is 5.32 Å². The summed E-state index contributed by atoms with van der Waals surface area (Å²) in [5.74, 6) is 0.863. The zero-order valence-corrected chi connectivity index (χ0v) is 5.91. The highest BCUT2D eigenvalue weighted by Crippen LogP contribution is 2.30. The van der Waals surface area contributed by atoms with E-state index in [1.807, 2.05) is 7.05 Å². The first-order chi connectivity index (χ1) is 3.83. The highest BCUT2D eigenvalue weighted by atomic mass is 35.5. The van der Waals surface area contributed by atoms with Crippen LogP contribution in [0, 0.1) is 5.92 Å². The van der Waals surface area contributed by atoms with Crippen molar-refractivity contribution in [2.45, 2.75) is 18.2 Å². The lowest BCUT2D eigenvalue weighted by molar-refractivity contribution is 0.316. The molecule has 1 saturated carbocycles. The molecule has 0 atom stereocenters. The second kappa shape index (κ2) is 2.70. The summed E-state index contributed by atoms with van der Waals surface area (Å²) in [6.07, 6.45) is 2.42. The van der Waals surface area contributed by atoms with Gasteiger partial charge < -0.3 is 5.32 Å². The normalized spacial score (nSPS) is 36.8. The zero-order valence-electron chi connectivity index (χ0n) is 5.15. The molecule has 1 fully saturated rings. The van der Waals surface area contributed by atoms with Gasteiger partial charge in [-0.1, -0.05) is 0 Å². The van der Waals surface area contributed by atoms with E-state index in [-0.39, 0.29) is 0 Å². The van der Waals surface area contributed by atoms with Gasteiger partial charge in [0.15, 0.2) is 0 Å². The lowest BCUT2D eigenvalue weighted by Crippen LogP contribution is -2.31. The largest absolute Gasteiger partial charge is 0.319 e. The second-order valence-electron chi connectivity index (χ2n) is 2.49. The molecule has 0 spiro atoms. The molecule has 0 unspecified atom stereocenters. The van der Waals surface area contributed by atoms with Crippen LogP contribution in [0.25, 0.3) is 0 Å². The monoisotopic (exact) mass is 133 g/mol. The van der Waals surface area contributed by atoms with Crippen LogP contribution in [0.5, 0.6) is 0 Å². The second-order valence-corrected chi connectivity index (χ2v) is 3.11. The first-order valence-corrected chi connectivity index (χ1v) is 3.55. The van der Waals surface area contributed by atoms with Crippen molar-refractivity contribution in [3.05, 3.63) is 0 Å². The average molecular weight is 134 g/mol. The molecule has 0 heterocycles. The minimum Gasteiger partial charge on any atom is -0.319 e. The third-order valence-corrected chi connectivity index (χ3v) is 2.03. The van der Waals surface area contributed by atoms with Crippen LogP contribution in [0.2, 0.25) is 0 Å². The van der Waals surface area contributed by atoms with Gasteiger partial charge in [0.25, 0.3) is 0 Å². The Morgan fingerprint density at radius 2 is 2.25 bits per heavy atom. The van der Waals surface area contributed by atoms with Gasteiger partial charge in [-0.2, -0.15) is 0 Å². The Balaban J connectivity index is 1.98. The number of nitrogens with one attached hydrogen (secondary N) is 1. The molecule has 0 aromatic carbocycles. The van der Waals surface area contributed by atoms with Crippen molar-refractivity contribution >= 4 is 11.6 Å². The Morgan fingerprint density at radius 3 is 2.62 bits per heavy atom. The highest BCUT2D eigenvalue weighted by molar-refractivity contribution is 6.21. The Hall–Kier alpha value is 0.250. The molecule has 8 heavy (non-hydrogen) atoms. The molecule has 0 amide bonds. The lowest BCUT2D eigenvalue weighted by Gasteiger charge is -2.30. The van der Waals surface area contributed by atoms with Gasteiger partial charge in [0, 0.05) is 5.38 Å². The number of alkyl halides is 1. The summed E-state index contributed by atoms with van der Waals surface area (Å²) in [6.45, 7) is 1.14. The summed E-state index contributed by atoms with van der Waals surface area (Å²) >= 11 is 5.75. The van der Waals surface area contributed by atoms with Crippen LogP contribution in [0.1, 0.15) is 12.8 Å². The van der Waals surface area contributed by atoms with Crippen molar-refractivity contribution in [2.75, 3.05) is 13.6 Å². The Kier molecular flexibility index (Phi) is 2.15. The van der Waals surface area contributed by atoms with Crippen molar-refractivity contribution in [2.24, 2.45) is 5.92 Å². The Bertz CT molecular complexity index is 66.2. The molecular formula is C6H12ClN. The Morgan fingerprint density at radius 1 is 1.62 bits per heavy atom. The smallest absolute Gasteiger partial charge is 0.0342 e. The summed E-state index contributed by atoms with van der Waals surface area (Å²) in [5, 5.41) is 3.61. The molecule has 1 aliphatic carbocycles. The van der Waals surface area contributed by atoms with E-state index in [0.29, 0.717) is 5.38 Å². The number of hydrogen-bond acceptors (Lipinski definition) is 1. The minimum atomic E-state index is 0.480.